The van der Waals surface area contributed by atoms with E-state index in [1.807, 2.05) is 0 Å². The summed E-state index contributed by atoms with van der Waals surface area (Å²) in [5.41, 5.74) is -0.557. The summed E-state index contributed by atoms with van der Waals surface area (Å²) in [7, 11) is 0. The molecule has 0 aromatic heterocycles. The monoisotopic (exact) mass is 342 g/mol. The molecule has 2 fully saturated rings. The number of halogens is 3. The molecule has 1 aromatic rings. The van der Waals surface area contributed by atoms with Gasteiger partial charge in [0, 0.05) is 25.7 Å². The molecule has 0 spiro atoms. The summed E-state index contributed by atoms with van der Waals surface area (Å²) in [4.78, 5) is 15.8. The van der Waals surface area contributed by atoms with Crippen LogP contribution >= 0.6 is 0 Å². The van der Waals surface area contributed by atoms with Crippen molar-refractivity contribution >= 4 is 5.91 Å². The molecule has 24 heavy (non-hydrogen) atoms. The van der Waals surface area contributed by atoms with Crippen LogP contribution in [0.1, 0.15) is 36.4 Å². The summed E-state index contributed by atoms with van der Waals surface area (Å²) in [6.45, 7) is 1.68. The summed E-state index contributed by atoms with van der Waals surface area (Å²) >= 11 is 0. The molecule has 1 amide bonds. The third-order valence-corrected chi connectivity index (χ3v) is 4.80. The number of β-amino-alcohol motifs (C(OH)–C–C–N with tert-alkyl or cyclic N) is 1. The van der Waals surface area contributed by atoms with E-state index in [2.05, 4.69) is 0 Å². The fourth-order valence-electron chi connectivity index (χ4n) is 3.66. The lowest BCUT2D eigenvalue weighted by Crippen LogP contribution is -2.39. The maximum atomic E-state index is 13.3. The third-order valence-electron chi connectivity index (χ3n) is 4.80. The van der Waals surface area contributed by atoms with Crippen molar-refractivity contribution < 1.29 is 23.1 Å². The van der Waals surface area contributed by atoms with Gasteiger partial charge in [-0.15, -0.1) is 0 Å². The molecule has 0 aliphatic carbocycles. The zero-order chi connectivity index (χ0) is 17.3. The van der Waals surface area contributed by atoms with Crippen molar-refractivity contribution in [2.75, 3.05) is 26.2 Å². The van der Waals surface area contributed by atoms with Crippen molar-refractivity contribution in [3.05, 3.63) is 35.4 Å². The van der Waals surface area contributed by atoms with Crippen LogP contribution in [0.3, 0.4) is 0 Å². The molecule has 0 bridgehead atoms. The molecule has 3 rings (SSSR count). The normalized spacial score (nSPS) is 25.4. The lowest BCUT2D eigenvalue weighted by Gasteiger charge is -2.28. The number of aliphatic hydroxyl groups excluding tert-OH is 1. The molecular formula is C17H21F3N2O2. The second-order valence-corrected chi connectivity index (χ2v) is 6.51. The fourth-order valence-corrected chi connectivity index (χ4v) is 3.66. The van der Waals surface area contributed by atoms with E-state index in [0.717, 1.165) is 18.9 Å². The first-order valence-corrected chi connectivity index (χ1v) is 8.22. The van der Waals surface area contributed by atoms with Crippen LogP contribution in [0.25, 0.3) is 0 Å². The molecule has 2 atom stereocenters. The molecule has 2 aliphatic heterocycles. The fraction of sp³-hybridized carbons (Fsp3) is 0.588. The lowest BCUT2D eigenvalue weighted by atomic mass is 9.97. The summed E-state index contributed by atoms with van der Waals surface area (Å²) in [6.07, 6.45) is -3.03. The standard InChI is InChI=1S/C17H21F3N2O2/c18-17(19,20)14-6-2-1-5-13(14)15-9-12(23)10-22(15)11-16(24)21-7-3-4-8-21/h1-2,5-6,12,15,23H,3-4,7-11H2/t12-,15+/m1/s1. The predicted molar refractivity (Wildman–Crippen MR) is 82.2 cm³/mol. The minimum absolute atomic E-state index is 0.0495. The van der Waals surface area contributed by atoms with E-state index in [1.165, 1.54) is 12.1 Å². The van der Waals surface area contributed by atoms with E-state index in [4.69, 9.17) is 0 Å². The largest absolute Gasteiger partial charge is 0.416 e. The first-order valence-electron chi connectivity index (χ1n) is 8.22. The van der Waals surface area contributed by atoms with Gasteiger partial charge in [-0.2, -0.15) is 13.2 Å². The predicted octanol–water partition coefficient (Wildman–Crippen LogP) is 2.44. The van der Waals surface area contributed by atoms with E-state index in [-0.39, 0.29) is 31.0 Å². The van der Waals surface area contributed by atoms with Crippen LogP contribution in [0.5, 0.6) is 0 Å². The molecule has 0 saturated carbocycles. The Morgan fingerprint density at radius 3 is 2.54 bits per heavy atom. The van der Waals surface area contributed by atoms with Crippen LogP contribution < -0.4 is 0 Å². The minimum atomic E-state index is -4.45. The van der Waals surface area contributed by atoms with Gasteiger partial charge in [0.05, 0.1) is 18.2 Å². The zero-order valence-electron chi connectivity index (χ0n) is 13.3. The summed E-state index contributed by atoms with van der Waals surface area (Å²) in [5, 5.41) is 9.96. The highest BCUT2D eigenvalue weighted by Gasteiger charge is 2.40. The number of carbonyl (C=O) groups excluding carboxylic acids is 1. The summed E-state index contributed by atoms with van der Waals surface area (Å²) in [6, 6.07) is 4.83. The second kappa shape index (κ2) is 6.72. The topological polar surface area (TPSA) is 43.8 Å². The second-order valence-electron chi connectivity index (χ2n) is 6.51. The van der Waals surface area contributed by atoms with E-state index in [0.29, 0.717) is 13.1 Å². The highest BCUT2D eigenvalue weighted by atomic mass is 19.4. The van der Waals surface area contributed by atoms with Crippen molar-refractivity contribution in [3.8, 4) is 0 Å². The van der Waals surface area contributed by atoms with Gasteiger partial charge >= 0.3 is 6.18 Å². The van der Waals surface area contributed by atoms with Gasteiger partial charge < -0.3 is 10.0 Å². The minimum Gasteiger partial charge on any atom is -0.392 e. The number of amides is 1. The number of hydrogen-bond acceptors (Lipinski definition) is 3. The van der Waals surface area contributed by atoms with Crippen LogP contribution in [0.15, 0.2) is 24.3 Å². The van der Waals surface area contributed by atoms with Gasteiger partial charge in [0.1, 0.15) is 0 Å². The van der Waals surface area contributed by atoms with Gasteiger partial charge in [-0.05, 0) is 30.9 Å². The summed E-state index contributed by atoms with van der Waals surface area (Å²) in [5.74, 6) is -0.0731. The number of rotatable bonds is 3. The Kier molecular flexibility index (Phi) is 4.83. The molecular weight excluding hydrogens is 321 g/mol. The molecule has 4 nitrogen and oxygen atoms in total. The Bertz CT molecular complexity index is 600. The van der Waals surface area contributed by atoms with Crippen LogP contribution in [-0.2, 0) is 11.0 Å². The Morgan fingerprint density at radius 2 is 1.88 bits per heavy atom. The third kappa shape index (κ3) is 3.57. The first kappa shape index (κ1) is 17.2. The van der Waals surface area contributed by atoms with Crippen molar-refractivity contribution in [3.63, 3.8) is 0 Å². The highest BCUT2D eigenvalue weighted by molar-refractivity contribution is 5.78. The zero-order valence-corrected chi connectivity index (χ0v) is 13.3. The average Bonchev–Trinajstić information content (AvgIpc) is 3.16. The van der Waals surface area contributed by atoms with Gasteiger partial charge in [-0.3, -0.25) is 9.69 Å². The molecule has 0 unspecified atom stereocenters. The number of likely N-dealkylation sites (tertiary alicyclic amines) is 2. The van der Waals surface area contributed by atoms with Crippen LogP contribution in [0.2, 0.25) is 0 Å². The average molecular weight is 342 g/mol. The smallest absolute Gasteiger partial charge is 0.392 e. The van der Waals surface area contributed by atoms with Crippen LogP contribution in [-0.4, -0.2) is 53.1 Å². The number of carbonyl (C=O) groups is 1. The summed E-state index contributed by atoms with van der Waals surface area (Å²) < 4.78 is 39.8. The maximum Gasteiger partial charge on any atom is 0.416 e. The van der Waals surface area contributed by atoms with Crippen LogP contribution in [0.4, 0.5) is 13.2 Å². The van der Waals surface area contributed by atoms with E-state index in [1.54, 1.807) is 15.9 Å². The molecule has 0 radical (unpaired) electrons. The Labute approximate surface area is 138 Å². The van der Waals surface area contributed by atoms with Crippen LogP contribution in [0, 0.1) is 0 Å². The maximum absolute atomic E-state index is 13.3. The Hall–Kier alpha value is -1.60. The number of aliphatic hydroxyl groups is 1. The lowest BCUT2D eigenvalue weighted by molar-refractivity contribution is -0.138. The van der Waals surface area contributed by atoms with E-state index >= 15 is 0 Å². The van der Waals surface area contributed by atoms with E-state index < -0.39 is 23.9 Å². The molecule has 1 N–H and O–H groups in total. The molecule has 2 aliphatic rings. The van der Waals surface area contributed by atoms with Gasteiger partial charge in [0.2, 0.25) is 5.91 Å². The SMILES string of the molecule is O=C(CN1C[C@H](O)C[C@H]1c1ccccc1C(F)(F)F)N1CCCC1. The van der Waals surface area contributed by atoms with Crippen molar-refractivity contribution in [2.24, 2.45) is 0 Å². The number of benzene rings is 1. The highest BCUT2D eigenvalue weighted by Crippen LogP contribution is 2.40. The number of alkyl halides is 3. The molecule has 7 heteroatoms. The number of hydrogen-bond donors (Lipinski definition) is 1. The van der Waals surface area contributed by atoms with Gasteiger partial charge in [0.25, 0.3) is 0 Å². The van der Waals surface area contributed by atoms with Crippen molar-refractivity contribution in [2.45, 2.75) is 37.6 Å². The van der Waals surface area contributed by atoms with Gasteiger partial charge in [-0.1, -0.05) is 18.2 Å². The van der Waals surface area contributed by atoms with E-state index in [9.17, 15) is 23.1 Å². The van der Waals surface area contributed by atoms with Gasteiger partial charge in [0.15, 0.2) is 0 Å². The first-order chi connectivity index (χ1) is 11.4. The number of nitrogens with zero attached hydrogens (tertiary/aromatic N) is 2. The molecule has 2 saturated heterocycles. The van der Waals surface area contributed by atoms with Crippen molar-refractivity contribution in [1.82, 2.24) is 9.80 Å². The molecule has 2 heterocycles. The molecule has 132 valence electrons. The Morgan fingerprint density at radius 1 is 1.21 bits per heavy atom. The Balaban J connectivity index is 1.82. The van der Waals surface area contributed by atoms with Gasteiger partial charge in [-0.25, -0.2) is 0 Å². The molecule has 1 aromatic carbocycles. The quantitative estimate of drug-likeness (QED) is 0.918. The van der Waals surface area contributed by atoms with Crippen molar-refractivity contribution in [1.29, 1.82) is 0 Å².